The average molecular weight is 376 g/mol. The molecule has 0 bridgehead atoms. The minimum atomic E-state index is -3.56. The molecular formula is C19H24N2O4S. The van der Waals surface area contributed by atoms with Crippen LogP contribution in [0.5, 0.6) is 5.75 Å². The Labute approximate surface area is 154 Å². The van der Waals surface area contributed by atoms with E-state index in [1.807, 2.05) is 26.8 Å². The van der Waals surface area contributed by atoms with E-state index in [0.29, 0.717) is 11.3 Å². The van der Waals surface area contributed by atoms with Gasteiger partial charge in [-0.05, 0) is 47.4 Å². The Morgan fingerprint density at radius 1 is 1.08 bits per heavy atom. The van der Waals surface area contributed by atoms with Crippen molar-refractivity contribution in [1.82, 2.24) is 4.72 Å². The van der Waals surface area contributed by atoms with E-state index in [4.69, 9.17) is 0 Å². The van der Waals surface area contributed by atoms with E-state index in [9.17, 15) is 18.3 Å². The van der Waals surface area contributed by atoms with E-state index in [1.54, 1.807) is 19.1 Å². The zero-order valence-corrected chi connectivity index (χ0v) is 16.1. The first-order valence-corrected chi connectivity index (χ1v) is 9.77. The number of carbonyl (C=O) groups excluding carboxylic acids is 1. The molecule has 26 heavy (non-hydrogen) atoms. The van der Waals surface area contributed by atoms with Crippen molar-refractivity contribution in [2.75, 3.05) is 11.9 Å². The largest absolute Gasteiger partial charge is 0.506 e. The van der Waals surface area contributed by atoms with E-state index < -0.39 is 15.9 Å². The van der Waals surface area contributed by atoms with Crippen molar-refractivity contribution in [1.29, 1.82) is 0 Å². The number of phenolic OH excluding ortho intramolecular Hbond substituents is 1. The zero-order chi connectivity index (χ0) is 19.5. The first kappa shape index (κ1) is 19.9. The first-order chi connectivity index (χ1) is 12.0. The minimum Gasteiger partial charge on any atom is -0.506 e. The molecule has 140 valence electrons. The van der Waals surface area contributed by atoms with Crippen molar-refractivity contribution in [2.24, 2.45) is 0 Å². The van der Waals surface area contributed by atoms with Gasteiger partial charge in [0.05, 0.1) is 10.6 Å². The van der Waals surface area contributed by atoms with Crippen LogP contribution in [0, 0.1) is 0 Å². The summed E-state index contributed by atoms with van der Waals surface area (Å²) in [6.45, 7) is 8.09. The molecule has 0 heterocycles. The van der Waals surface area contributed by atoms with Crippen LogP contribution in [-0.4, -0.2) is 26.0 Å². The molecule has 0 spiro atoms. The third-order valence-electron chi connectivity index (χ3n) is 3.87. The Kier molecular flexibility index (Phi) is 5.73. The number of amides is 1. The SMILES string of the molecule is CCNS(=O)(=O)c1ccc(C(=O)Nc2cc(C(C)(C)C)ccc2O)cc1. The Balaban J connectivity index is 2.23. The number of anilines is 1. The number of aromatic hydroxyl groups is 1. The number of sulfonamides is 1. The Morgan fingerprint density at radius 3 is 2.23 bits per heavy atom. The second-order valence-electron chi connectivity index (χ2n) is 6.96. The summed E-state index contributed by atoms with van der Waals surface area (Å²) in [6, 6.07) is 10.7. The van der Waals surface area contributed by atoms with Gasteiger partial charge in [-0.3, -0.25) is 4.79 Å². The van der Waals surface area contributed by atoms with Gasteiger partial charge in [-0.1, -0.05) is 33.8 Å². The predicted molar refractivity (Wildman–Crippen MR) is 102 cm³/mol. The van der Waals surface area contributed by atoms with Crippen LogP contribution in [0.25, 0.3) is 0 Å². The molecule has 0 aliphatic heterocycles. The second-order valence-corrected chi connectivity index (χ2v) is 8.73. The number of phenols is 1. The van der Waals surface area contributed by atoms with Gasteiger partial charge in [0.15, 0.2) is 0 Å². The molecule has 2 aromatic rings. The fourth-order valence-corrected chi connectivity index (χ4v) is 3.40. The summed E-state index contributed by atoms with van der Waals surface area (Å²) >= 11 is 0. The van der Waals surface area contributed by atoms with Gasteiger partial charge in [0.2, 0.25) is 10.0 Å². The highest BCUT2D eigenvalue weighted by Crippen LogP contribution is 2.31. The van der Waals surface area contributed by atoms with E-state index in [2.05, 4.69) is 10.0 Å². The quantitative estimate of drug-likeness (QED) is 0.698. The van der Waals surface area contributed by atoms with Crippen LogP contribution in [0.2, 0.25) is 0 Å². The number of benzene rings is 2. The molecule has 1 amide bonds. The number of carbonyl (C=O) groups is 1. The summed E-state index contributed by atoms with van der Waals surface area (Å²) in [5.74, 6) is -0.462. The van der Waals surface area contributed by atoms with Crippen LogP contribution in [0.1, 0.15) is 43.6 Å². The highest BCUT2D eigenvalue weighted by atomic mass is 32.2. The second kappa shape index (κ2) is 7.47. The van der Waals surface area contributed by atoms with E-state index in [0.717, 1.165) is 5.56 Å². The van der Waals surface area contributed by atoms with Gasteiger partial charge in [-0.15, -0.1) is 0 Å². The minimum absolute atomic E-state index is 0.0299. The standard InChI is InChI=1S/C19H24N2O4S/c1-5-20-26(24,25)15-9-6-13(7-10-15)18(23)21-16-12-14(19(2,3)4)8-11-17(16)22/h6-12,20,22H,5H2,1-4H3,(H,21,23). The fourth-order valence-electron chi connectivity index (χ4n) is 2.36. The molecule has 0 aromatic heterocycles. The Morgan fingerprint density at radius 2 is 1.69 bits per heavy atom. The maximum absolute atomic E-state index is 12.4. The lowest BCUT2D eigenvalue weighted by molar-refractivity contribution is 0.102. The van der Waals surface area contributed by atoms with Crippen LogP contribution >= 0.6 is 0 Å². The molecule has 2 rings (SSSR count). The Hall–Kier alpha value is -2.38. The van der Waals surface area contributed by atoms with Crippen LogP contribution in [0.4, 0.5) is 5.69 Å². The maximum Gasteiger partial charge on any atom is 0.255 e. The van der Waals surface area contributed by atoms with E-state index in [1.165, 1.54) is 24.3 Å². The molecule has 0 fully saturated rings. The van der Waals surface area contributed by atoms with Crippen molar-refractivity contribution in [3.05, 3.63) is 53.6 Å². The Bertz CT molecular complexity index is 898. The summed E-state index contributed by atoms with van der Waals surface area (Å²) in [4.78, 5) is 12.5. The van der Waals surface area contributed by atoms with Gasteiger partial charge in [0.1, 0.15) is 5.75 Å². The van der Waals surface area contributed by atoms with Crippen molar-refractivity contribution in [3.63, 3.8) is 0 Å². The van der Waals surface area contributed by atoms with Crippen molar-refractivity contribution >= 4 is 21.6 Å². The average Bonchev–Trinajstić information content (AvgIpc) is 2.56. The molecule has 0 aliphatic rings. The third kappa shape index (κ3) is 4.62. The lowest BCUT2D eigenvalue weighted by atomic mass is 9.87. The summed E-state index contributed by atoms with van der Waals surface area (Å²) in [5.41, 5.74) is 1.45. The van der Waals surface area contributed by atoms with E-state index >= 15 is 0 Å². The maximum atomic E-state index is 12.4. The molecule has 0 saturated carbocycles. The third-order valence-corrected chi connectivity index (χ3v) is 5.43. The van der Waals surface area contributed by atoms with Crippen molar-refractivity contribution in [3.8, 4) is 5.75 Å². The molecule has 6 nitrogen and oxygen atoms in total. The van der Waals surface area contributed by atoms with Crippen LogP contribution < -0.4 is 10.0 Å². The molecule has 0 unspecified atom stereocenters. The van der Waals surface area contributed by atoms with Gasteiger partial charge in [-0.25, -0.2) is 13.1 Å². The molecule has 0 saturated heterocycles. The highest BCUT2D eigenvalue weighted by molar-refractivity contribution is 7.89. The molecule has 2 aromatic carbocycles. The number of nitrogens with one attached hydrogen (secondary N) is 2. The van der Waals surface area contributed by atoms with E-state index in [-0.39, 0.29) is 22.6 Å². The van der Waals surface area contributed by atoms with Gasteiger partial charge < -0.3 is 10.4 Å². The topological polar surface area (TPSA) is 95.5 Å². The lowest BCUT2D eigenvalue weighted by Crippen LogP contribution is -2.23. The van der Waals surface area contributed by atoms with Crippen LogP contribution in [0.15, 0.2) is 47.4 Å². The van der Waals surface area contributed by atoms with Crippen molar-refractivity contribution in [2.45, 2.75) is 38.0 Å². The predicted octanol–water partition coefficient (Wildman–Crippen LogP) is 3.24. The molecule has 0 atom stereocenters. The fraction of sp³-hybridized carbons (Fsp3) is 0.316. The highest BCUT2D eigenvalue weighted by Gasteiger charge is 2.18. The van der Waals surface area contributed by atoms with Gasteiger partial charge in [0, 0.05) is 12.1 Å². The summed E-state index contributed by atoms with van der Waals surface area (Å²) in [6.07, 6.45) is 0. The zero-order valence-electron chi connectivity index (χ0n) is 15.3. The molecular weight excluding hydrogens is 352 g/mol. The smallest absolute Gasteiger partial charge is 0.255 e. The number of hydrogen-bond acceptors (Lipinski definition) is 4. The lowest BCUT2D eigenvalue weighted by Gasteiger charge is -2.20. The number of rotatable bonds is 5. The van der Waals surface area contributed by atoms with Crippen LogP contribution in [0.3, 0.4) is 0 Å². The molecule has 0 radical (unpaired) electrons. The summed E-state index contributed by atoms with van der Waals surface area (Å²) in [7, 11) is -3.56. The number of hydrogen-bond donors (Lipinski definition) is 3. The molecule has 3 N–H and O–H groups in total. The summed E-state index contributed by atoms with van der Waals surface area (Å²) < 4.78 is 26.3. The molecule has 7 heteroatoms. The van der Waals surface area contributed by atoms with Gasteiger partial charge in [-0.2, -0.15) is 0 Å². The van der Waals surface area contributed by atoms with Gasteiger partial charge >= 0.3 is 0 Å². The monoisotopic (exact) mass is 376 g/mol. The molecule has 0 aliphatic carbocycles. The normalized spacial score (nSPS) is 12.0. The first-order valence-electron chi connectivity index (χ1n) is 8.29. The van der Waals surface area contributed by atoms with Crippen LogP contribution in [-0.2, 0) is 15.4 Å². The summed E-state index contributed by atoms with van der Waals surface area (Å²) in [5, 5.41) is 12.7. The van der Waals surface area contributed by atoms with Gasteiger partial charge in [0.25, 0.3) is 5.91 Å². The van der Waals surface area contributed by atoms with Crippen molar-refractivity contribution < 1.29 is 18.3 Å².